The third kappa shape index (κ3) is 1.75. The summed E-state index contributed by atoms with van der Waals surface area (Å²) in [5, 5.41) is 3.29. The van der Waals surface area contributed by atoms with Gasteiger partial charge >= 0.3 is 0 Å². The van der Waals surface area contributed by atoms with Crippen molar-refractivity contribution in [2.75, 3.05) is 0 Å². The maximum Gasteiger partial charge on any atom is 0.0740 e. The molecule has 1 heteroatoms. The first-order chi connectivity index (χ1) is 14.8. The predicted octanol–water partition coefficient (Wildman–Crippen LogP) is 7.84. The zero-order chi connectivity index (χ0) is 19.9. The van der Waals surface area contributed by atoms with Gasteiger partial charge in [-0.15, -0.1) is 0 Å². The Labute approximate surface area is 180 Å². The van der Waals surface area contributed by atoms with E-state index in [0.717, 1.165) is 5.02 Å². The molecule has 30 heavy (non-hydrogen) atoms. The van der Waals surface area contributed by atoms with Crippen molar-refractivity contribution < 1.29 is 0 Å². The van der Waals surface area contributed by atoms with Gasteiger partial charge in [-0.2, -0.15) is 0 Å². The summed E-state index contributed by atoms with van der Waals surface area (Å²) in [6.07, 6.45) is 0. The fourth-order valence-electron chi connectivity index (χ4n) is 5.92. The molecule has 5 aromatic rings. The first-order valence-electron chi connectivity index (χ1n) is 10.3. The van der Waals surface area contributed by atoms with E-state index in [2.05, 4.69) is 103 Å². The molecule has 0 heterocycles. The lowest BCUT2D eigenvalue weighted by Gasteiger charge is -2.31. The zero-order valence-electron chi connectivity index (χ0n) is 16.2. The molecule has 0 saturated heterocycles. The molecule has 7 rings (SSSR count). The molecule has 1 spiro atoms. The van der Waals surface area contributed by atoms with Crippen molar-refractivity contribution in [3.05, 3.63) is 130 Å². The fourth-order valence-corrected chi connectivity index (χ4v) is 6.27. The molecule has 0 aliphatic heterocycles. The second-order valence-corrected chi connectivity index (χ2v) is 8.62. The van der Waals surface area contributed by atoms with Gasteiger partial charge in [0.2, 0.25) is 0 Å². The topological polar surface area (TPSA) is 0 Å². The first kappa shape index (κ1) is 16.4. The van der Waals surface area contributed by atoms with Gasteiger partial charge in [0.25, 0.3) is 0 Å². The largest absolute Gasteiger partial charge is 0.0839 e. The Hall–Kier alpha value is -3.35. The van der Waals surface area contributed by atoms with Gasteiger partial charge in [-0.25, -0.2) is 0 Å². The molecule has 140 valence electrons. The molecule has 0 aromatic heterocycles. The molecule has 0 fully saturated rings. The summed E-state index contributed by atoms with van der Waals surface area (Å²) >= 11 is 7.14. The van der Waals surface area contributed by atoms with Crippen LogP contribution in [0.15, 0.2) is 103 Å². The van der Waals surface area contributed by atoms with E-state index in [-0.39, 0.29) is 5.41 Å². The van der Waals surface area contributed by atoms with Crippen LogP contribution < -0.4 is 0 Å². The van der Waals surface area contributed by atoms with Gasteiger partial charge in [0.1, 0.15) is 0 Å². The van der Waals surface area contributed by atoms with Crippen LogP contribution in [-0.2, 0) is 5.41 Å². The minimum absolute atomic E-state index is 0.375. The van der Waals surface area contributed by atoms with E-state index in [1.165, 1.54) is 55.3 Å². The first-order valence-corrected chi connectivity index (χ1v) is 10.7. The maximum atomic E-state index is 7.14. The quantitative estimate of drug-likeness (QED) is 0.243. The lowest BCUT2D eigenvalue weighted by molar-refractivity contribution is 0.794. The molecule has 0 atom stereocenters. The zero-order valence-corrected chi connectivity index (χ0v) is 16.9. The SMILES string of the molecule is Clc1cc2ccccc2c2c1C1(c3ccccc3-c3ccccc31)c1ccccc1-2. The number of fused-ring (bicyclic) bond motifs is 12. The van der Waals surface area contributed by atoms with Crippen molar-refractivity contribution in [2.45, 2.75) is 5.41 Å². The van der Waals surface area contributed by atoms with E-state index in [9.17, 15) is 0 Å². The van der Waals surface area contributed by atoms with Crippen molar-refractivity contribution in [3.63, 3.8) is 0 Å². The highest BCUT2D eigenvalue weighted by Crippen LogP contribution is 2.65. The molecule has 2 aliphatic carbocycles. The van der Waals surface area contributed by atoms with Crippen LogP contribution in [-0.4, -0.2) is 0 Å². The smallest absolute Gasteiger partial charge is 0.0740 e. The molecule has 2 aliphatic rings. The average Bonchev–Trinajstić information content (AvgIpc) is 3.27. The van der Waals surface area contributed by atoms with Crippen LogP contribution in [0.2, 0.25) is 5.02 Å². The second kappa shape index (κ2) is 5.62. The lowest BCUT2D eigenvalue weighted by Crippen LogP contribution is -2.26. The Morgan fingerprint density at radius 1 is 0.533 bits per heavy atom. The summed E-state index contributed by atoms with van der Waals surface area (Å²) < 4.78 is 0. The Morgan fingerprint density at radius 3 is 1.70 bits per heavy atom. The van der Waals surface area contributed by atoms with Crippen LogP contribution in [0.25, 0.3) is 33.0 Å². The number of rotatable bonds is 0. The van der Waals surface area contributed by atoms with Gasteiger partial charge in [-0.3, -0.25) is 0 Å². The van der Waals surface area contributed by atoms with Crippen LogP contribution >= 0.6 is 11.6 Å². The van der Waals surface area contributed by atoms with Gasteiger partial charge in [-0.05, 0) is 61.3 Å². The Balaban J connectivity index is 1.78. The number of halogens is 1. The van der Waals surface area contributed by atoms with Gasteiger partial charge in [0.05, 0.1) is 5.41 Å². The number of hydrogen-bond acceptors (Lipinski definition) is 0. The summed E-state index contributed by atoms with van der Waals surface area (Å²) in [5.74, 6) is 0. The van der Waals surface area contributed by atoms with Crippen LogP contribution in [0.4, 0.5) is 0 Å². The van der Waals surface area contributed by atoms with Crippen molar-refractivity contribution in [1.29, 1.82) is 0 Å². The van der Waals surface area contributed by atoms with Crippen LogP contribution in [0.3, 0.4) is 0 Å². The molecule has 0 saturated carbocycles. The minimum Gasteiger partial charge on any atom is -0.0839 e. The van der Waals surface area contributed by atoms with E-state index >= 15 is 0 Å². The standard InChI is InChI=1S/C29H17Cl/c30-26-17-18-9-1-2-10-19(18)27-22-13-5-8-16-25(22)29(28(26)27)23-14-6-3-11-20(23)21-12-4-7-15-24(21)29/h1-17H. The van der Waals surface area contributed by atoms with Gasteiger partial charge in [0, 0.05) is 5.02 Å². The molecule has 0 unspecified atom stereocenters. The van der Waals surface area contributed by atoms with Crippen molar-refractivity contribution in [1.82, 2.24) is 0 Å². The molecular weight excluding hydrogens is 384 g/mol. The summed E-state index contributed by atoms with van der Waals surface area (Å²) in [4.78, 5) is 0. The van der Waals surface area contributed by atoms with E-state index in [4.69, 9.17) is 11.6 Å². The van der Waals surface area contributed by atoms with Gasteiger partial charge < -0.3 is 0 Å². The van der Waals surface area contributed by atoms with Crippen LogP contribution in [0, 0.1) is 0 Å². The molecule has 0 N–H and O–H groups in total. The van der Waals surface area contributed by atoms with Crippen molar-refractivity contribution >= 4 is 22.4 Å². The van der Waals surface area contributed by atoms with Gasteiger partial charge in [0.15, 0.2) is 0 Å². The molecule has 0 amide bonds. The predicted molar refractivity (Wildman–Crippen MR) is 125 cm³/mol. The van der Waals surface area contributed by atoms with E-state index in [1.54, 1.807) is 0 Å². The molecular formula is C29H17Cl. The molecule has 5 aromatic carbocycles. The summed E-state index contributed by atoms with van der Waals surface area (Å²) in [7, 11) is 0. The van der Waals surface area contributed by atoms with E-state index < -0.39 is 0 Å². The Morgan fingerprint density at radius 2 is 1.03 bits per heavy atom. The minimum atomic E-state index is -0.375. The summed E-state index contributed by atoms with van der Waals surface area (Å²) in [5.41, 5.74) is 10.0. The molecule has 0 nitrogen and oxygen atoms in total. The highest BCUT2D eigenvalue weighted by atomic mass is 35.5. The van der Waals surface area contributed by atoms with Crippen LogP contribution in [0.5, 0.6) is 0 Å². The van der Waals surface area contributed by atoms with E-state index in [1.807, 2.05) is 0 Å². The summed E-state index contributed by atoms with van der Waals surface area (Å²) in [6.45, 7) is 0. The third-order valence-corrected chi connectivity index (χ3v) is 7.23. The highest BCUT2D eigenvalue weighted by molar-refractivity contribution is 6.34. The normalized spacial score (nSPS) is 14.4. The number of benzene rings is 5. The second-order valence-electron chi connectivity index (χ2n) is 8.22. The van der Waals surface area contributed by atoms with Crippen molar-refractivity contribution in [2.24, 2.45) is 0 Å². The summed E-state index contributed by atoms with van der Waals surface area (Å²) in [6, 6.07) is 37.2. The van der Waals surface area contributed by atoms with Crippen molar-refractivity contribution in [3.8, 4) is 22.3 Å². The van der Waals surface area contributed by atoms with E-state index in [0.29, 0.717) is 0 Å². The fraction of sp³-hybridized carbons (Fsp3) is 0.0345. The Bertz CT molecular complexity index is 1460. The highest BCUT2D eigenvalue weighted by Gasteiger charge is 2.52. The maximum absolute atomic E-state index is 7.14. The lowest BCUT2D eigenvalue weighted by atomic mass is 9.70. The molecule has 0 bridgehead atoms. The monoisotopic (exact) mass is 400 g/mol. The number of hydrogen-bond donors (Lipinski definition) is 0. The van der Waals surface area contributed by atoms with Gasteiger partial charge in [-0.1, -0.05) is 109 Å². The average molecular weight is 401 g/mol. The Kier molecular flexibility index (Phi) is 3.08. The molecule has 0 radical (unpaired) electrons. The van der Waals surface area contributed by atoms with Crippen LogP contribution in [0.1, 0.15) is 22.3 Å². The third-order valence-electron chi connectivity index (χ3n) is 6.93.